The van der Waals surface area contributed by atoms with Crippen molar-refractivity contribution >= 4 is 11.6 Å². The first-order chi connectivity index (χ1) is 9.19. The third-order valence-electron chi connectivity index (χ3n) is 4.03. The average molecular weight is 283 g/mol. The van der Waals surface area contributed by atoms with E-state index in [9.17, 15) is 5.11 Å². The second kappa shape index (κ2) is 7.16. The Balaban J connectivity index is 1.93. The van der Waals surface area contributed by atoms with Crippen molar-refractivity contribution in [2.75, 3.05) is 7.11 Å². The van der Waals surface area contributed by atoms with Crippen molar-refractivity contribution in [3.8, 4) is 5.75 Å². The van der Waals surface area contributed by atoms with E-state index in [1.807, 2.05) is 18.2 Å². The van der Waals surface area contributed by atoms with E-state index in [0.717, 1.165) is 17.7 Å². The van der Waals surface area contributed by atoms with Gasteiger partial charge in [0.05, 0.1) is 13.2 Å². The Morgan fingerprint density at radius 2 is 2.05 bits per heavy atom. The minimum atomic E-state index is -0.296. The molecule has 3 heteroatoms. The summed E-state index contributed by atoms with van der Waals surface area (Å²) in [6, 6.07) is 5.58. The second-order valence-corrected chi connectivity index (χ2v) is 5.99. The van der Waals surface area contributed by atoms with Crippen molar-refractivity contribution in [2.45, 2.75) is 51.0 Å². The van der Waals surface area contributed by atoms with Gasteiger partial charge in [-0.25, -0.2) is 0 Å². The standard InChI is InChI=1S/C16H23ClO2/c1-19-16-8-7-14(17)10-13(16)11-15(18)9-12-5-3-2-4-6-12/h7-8,10,12,15,18H,2-6,9,11H2,1H3. The largest absolute Gasteiger partial charge is 0.496 e. The maximum absolute atomic E-state index is 10.3. The zero-order valence-corrected chi connectivity index (χ0v) is 12.3. The van der Waals surface area contributed by atoms with Crippen molar-refractivity contribution in [1.29, 1.82) is 0 Å². The summed E-state index contributed by atoms with van der Waals surface area (Å²) >= 11 is 6.01. The summed E-state index contributed by atoms with van der Waals surface area (Å²) in [6.45, 7) is 0. The monoisotopic (exact) mass is 282 g/mol. The van der Waals surface area contributed by atoms with Crippen LogP contribution in [0.4, 0.5) is 0 Å². The highest BCUT2D eigenvalue weighted by molar-refractivity contribution is 6.30. The van der Waals surface area contributed by atoms with Crippen LogP contribution < -0.4 is 4.74 Å². The molecule has 1 unspecified atom stereocenters. The van der Waals surface area contributed by atoms with Gasteiger partial charge in [0.25, 0.3) is 0 Å². The van der Waals surface area contributed by atoms with Crippen LogP contribution in [0, 0.1) is 5.92 Å². The molecule has 1 atom stereocenters. The van der Waals surface area contributed by atoms with Crippen molar-refractivity contribution in [2.24, 2.45) is 5.92 Å². The highest BCUT2D eigenvalue weighted by Crippen LogP contribution is 2.30. The van der Waals surface area contributed by atoms with Crippen LogP contribution in [0.2, 0.25) is 5.02 Å². The number of methoxy groups -OCH3 is 1. The molecule has 0 spiro atoms. The van der Waals surface area contributed by atoms with Gasteiger partial charge in [0.2, 0.25) is 0 Å². The molecule has 106 valence electrons. The van der Waals surface area contributed by atoms with Crippen molar-refractivity contribution < 1.29 is 9.84 Å². The number of benzene rings is 1. The van der Waals surface area contributed by atoms with E-state index >= 15 is 0 Å². The van der Waals surface area contributed by atoms with E-state index < -0.39 is 0 Å². The van der Waals surface area contributed by atoms with Crippen molar-refractivity contribution in [3.05, 3.63) is 28.8 Å². The van der Waals surface area contributed by atoms with E-state index in [0.29, 0.717) is 17.4 Å². The number of halogens is 1. The molecule has 19 heavy (non-hydrogen) atoms. The molecule has 0 bridgehead atoms. The quantitative estimate of drug-likeness (QED) is 0.876. The Bertz CT molecular complexity index is 400. The summed E-state index contributed by atoms with van der Waals surface area (Å²) in [4.78, 5) is 0. The number of aliphatic hydroxyl groups is 1. The van der Waals surface area contributed by atoms with Gasteiger partial charge in [-0.1, -0.05) is 43.7 Å². The van der Waals surface area contributed by atoms with Gasteiger partial charge in [-0.05, 0) is 36.1 Å². The predicted octanol–water partition coefficient (Wildman–Crippen LogP) is 4.22. The van der Waals surface area contributed by atoms with E-state index in [2.05, 4.69) is 0 Å². The molecule has 1 saturated carbocycles. The smallest absolute Gasteiger partial charge is 0.122 e. The van der Waals surface area contributed by atoms with E-state index in [1.165, 1.54) is 32.1 Å². The van der Waals surface area contributed by atoms with E-state index in [1.54, 1.807) is 7.11 Å². The van der Waals surface area contributed by atoms with Crippen LogP contribution in [-0.2, 0) is 6.42 Å². The van der Waals surface area contributed by atoms with Crippen LogP contribution in [0.25, 0.3) is 0 Å². The minimum absolute atomic E-state index is 0.296. The van der Waals surface area contributed by atoms with Crippen LogP contribution in [0.1, 0.15) is 44.1 Å². The molecular formula is C16H23ClO2. The Hall–Kier alpha value is -0.730. The molecule has 1 aromatic rings. The van der Waals surface area contributed by atoms with Gasteiger partial charge in [0.1, 0.15) is 5.75 Å². The molecule has 1 N–H and O–H groups in total. The van der Waals surface area contributed by atoms with Gasteiger partial charge < -0.3 is 9.84 Å². The van der Waals surface area contributed by atoms with Crippen molar-refractivity contribution in [3.63, 3.8) is 0 Å². The predicted molar refractivity (Wildman–Crippen MR) is 78.9 cm³/mol. The highest BCUT2D eigenvalue weighted by atomic mass is 35.5. The van der Waals surface area contributed by atoms with Gasteiger partial charge in [-0.3, -0.25) is 0 Å². The molecule has 0 saturated heterocycles. The van der Waals surface area contributed by atoms with E-state index in [-0.39, 0.29) is 6.10 Å². The Morgan fingerprint density at radius 1 is 1.32 bits per heavy atom. The molecule has 1 aliphatic rings. The van der Waals surface area contributed by atoms with E-state index in [4.69, 9.17) is 16.3 Å². The summed E-state index contributed by atoms with van der Waals surface area (Å²) in [5, 5.41) is 11.0. The fourth-order valence-electron chi connectivity index (χ4n) is 3.05. The lowest BCUT2D eigenvalue weighted by Gasteiger charge is -2.24. The second-order valence-electron chi connectivity index (χ2n) is 5.55. The lowest BCUT2D eigenvalue weighted by atomic mass is 9.84. The molecule has 0 aromatic heterocycles. The van der Waals surface area contributed by atoms with Crippen LogP contribution in [0.5, 0.6) is 5.75 Å². The van der Waals surface area contributed by atoms with Gasteiger partial charge in [-0.2, -0.15) is 0 Å². The number of rotatable bonds is 5. The first-order valence-corrected chi connectivity index (χ1v) is 7.57. The fraction of sp³-hybridized carbons (Fsp3) is 0.625. The fourth-order valence-corrected chi connectivity index (χ4v) is 3.25. The summed E-state index contributed by atoms with van der Waals surface area (Å²) in [7, 11) is 1.65. The van der Waals surface area contributed by atoms with Crippen LogP contribution in [-0.4, -0.2) is 18.3 Å². The van der Waals surface area contributed by atoms with Gasteiger partial charge in [0.15, 0.2) is 0 Å². The Labute approximate surface area is 120 Å². The molecule has 1 fully saturated rings. The summed E-state index contributed by atoms with van der Waals surface area (Å²) in [5.74, 6) is 1.50. The van der Waals surface area contributed by atoms with Gasteiger partial charge >= 0.3 is 0 Å². The zero-order chi connectivity index (χ0) is 13.7. The molecule has 0 amide bonds. The highest BCUT2D eigenvalue weighted by Gasteiger charge is 2.18. The Morgan fingerprint density at radius 3 is 2.74 bits per heavy atom. The van der Waals surface area contributed by atoms with Gasteiger partial charge in [-0.15, -0.1) is 0 Å². The summed E-state index contributed by atoms with van der Waals surface area (Å²) in [6.07, 6.45) is 7.75. The third kappa shape index (κ3) is 4.39. The van der Waals surface area contributed by atoms with Gasteiger partial charge in [0, 0.05) is 11.4 Å². The molecule has 0 heterocycles. The lowest BCUT2D eigenvalue weighted by molar-refractivity contribution is 0.129. The van der Waals surface area contributed by atoms with Crippen LogP contribution >= 0.6 is 11.6 Å². The normalized spacial score (nSPS) is 18.3. The number of ether oxygens (including phenoxy) is 1. The van der Waals surface area contributed by atoms with Crippen LogP contribution in [0.3, 0.4) is 0 Å². The van der Waals surface area contributed by atoms with Crippen molar-refractivity contribution in [1.82, 2.24) is 0 Å². The molecule has 2 nitrogen and oxygen atoms in total. The number of hydrogen-bond acceptors (Lipinski definition) is 2. The maximum atomic E-state index is 10.3. The molecule has 2 rings (SSSR count). The summed E-state index contributed by atoms with van der Waals surface area (Å²) in [5.41, 5.74) is 0.998. The molecule has 0 aliphatic heterocycles. The minimum Gasteiger partial charge on any atom is -0.496 e. The first-order valence-electron chi connectivity index (χ1n) is 7.19. The third-order valence-corrected chi connectivity index (χ3v) is 4.26. The first kappa shape index (κ1) is 14.7. The zero-order valence-electron chi connectivity index (χ0n) is 11.6. The van der Waals surface area contributed by atoms with Crippen LogP contribution in [0.15, 0.2) is 18.2 Å². The molecule has 1 aromatic carbocycles. The summed E-state index contributed by atoms with van der Waals surface area (Å²) < 4.78 is 5.32. The molecule has 1 aliphatic carbocycles. The molecule has 0 radical (unpaired) electrons. The lowest BCUT2D eigenvalue weighted by Crippen LogP contribution is -2.18. The topological polar surface area (TPSA) is 29.5 Å². The molecular weight excluding hydrogens is 260 g/mol. The number of aliphatic hydroxyl groups excluding tert-OH is 1. The number of hydrogen-bond donors (Lipinski definition) is 1. The SMILES string of the molecule is COc1ccc(Cl)cc1CC(O)CC1CCCCC1. The maximum Gasteiger partial charge on any atom is 0.122 e. The average Bonchev–Trinajstić information content (AvgIpc) is 2.40. The Kier molecular flexibility index (Phi) is 5.53.